The van der Waals surface area contributed by atoms with Crippen molar-refractivity contribution < 1.29 is 9.53 Å². The zero-order valence-electron chi connectivity index (χ0n) is 13.6. The molecule has 0 amide bonds. The van der Waals surface area contributed by atoms with Crippen LogP contribution in [0.4, 0.5) is 0 Å². The number of hydrogen-bond donors (Lipinski definition) is 0. The SMILES string of the molecule is CC(=O)Oc1ccc(Cl)cc1C1CN(C)C[C@H]1c1ccccc1Br. The Bertz CT molecular complexity index is 765. The highest BCUT2D eigenvalue weighted by Gasteiger charge is 2.36. The van der Waals surface area contributed by atoms with Crippen LogP contribution in [0.3, 0.4) is 0 Å². The number of halogens is 2. The summed E-state index contributed by atoms with van der Waals surface area (Å²) in [6, 6.07) is 13.8. The first-order chi connectivity index (χ1) is 11.5. The Morgan fingerprint density at radius 1 is 1.17 bits per heavy atom. The van der Waals surface area contributed by atoms with Gasteiger partial charge in [0.1, 0.15) is 5.75 Å². The molecule has 0 aliphatic carbocycles. The summed E-state index contributed by atoms with van der Waals surface area (Å²) in [5.41, 5.74) is 2.25. The highest BCUT2D eigenvalue weighted by Crippen LogP contribution is 2.45. The number of hydrogen-bond acceptors (Lipinski definition) is 3. The Morgan fingerprint density at radius 2 is 1.83 bits per heavy atom. The van der Waals surface area contributed by atoms with Gasteiger partial charge in [-0.2, -0.15) is 0 Å². The van der Waals surface area contributed by atoms with Crippen molar-refractivity contribution in [2.75, 3.05) is 20.1 Å². The third-order valence-corrected chi connectivity index (χ3v) is 5.39. The lowest BCUT2D eigenvalue weighted by Crippen LogP contribution is -2.14. The molecule has 1 aliphatic heterocycles. The smallest absolute Gasteiger partial charge is 0.308 e. The number of rotatable bonds is 3. The van der Waals surface area contributed by atoms with Crippen molar-refractivity contribution in [3.05, 3.63) is 63.1 Å². The third-order valence-electron chi connectivity index (χ3n) is 4.43. The Kier molecular flexibility index (Phi) is 5.28. The molecule has 3 nitrogen and oxygen atoms in total. The van der Waals surface area contributed by atoms with Crippen molar-refractivity contribution in [3.8, 4) is 5.75 Å². The van der Waals surface area contributed by atoms with Crippen LogP contribution in [0.2, 0.25) is 5.02 Å². The van der Waals surface area contributed by atoms with Crippen LogP contribution in [0.15, 0.2) is 46.9 Å². The van der Waals surface area contributed by atoms with Gasteiger partial charge in [-0.05, 0) is 36.9 Å². The van der Waals surface area contributed by atoms with E-state index in [0.29, 0.717) is 16.7 Å². The van der Waals surface area contributed by atoms with Crippen LogP contribution >= 0.6 is 27.5 Å². The van der Waals surface area contributed by atoms with Crippen molar-refractivity contribution in [1.82, 2.24) is 4.90 Å². The number of carbonyl (C=O) groups excluding carboxylic acids is 1. The predicted molar refractivity (Wildman–Crippen MR) is 99.9 cm³/mol. The summed E-state index contributed by atoms with van der Waals surface area (Å²) >= 11 is 9.90. The molecule has 2 atom stereocenters. The zero-order valence-corrected chi connectivity index (χ0v) is 16.0. The summed E-state index contributed by atoms with van der Waals surface area (Å²) in [6.07, 6.45) is 0. The molecule has 1 saturated heterocycles. The number of esters is 1. The van der Waals surface area contributed by atoms with E-state index >= 15 is 0 Å². The summed E-state index contributed by atoms with van der Waals surface area (Å²) in [6.45, 7) is 3.25. The second-order valence-electron chi connectivity index (χ2n) is 6.23. The molecule has 0 bridgehead atoms. The van der Waals surface area contributed by atoms with E-state index in [0.717, 1.165) is 23.1 Å². The first kappa shape index (κ1) is 17.5. The highest BCUT2D eigenvalue weighted by atomic mass is 79.9. The van der Waals surface area contributed by atoms with Crippen LogP contribution in [0.1, 0.15) is 29.9 Å². The molecule has 1 fully saturated rings. The molecule has 1 aliphatic rings. The lowest BCUT2D eigenvalue weighted by Gasteiger charge is -2.22. The second-order valence-corrected chi connectivity index (χ2v) is 7.52. The molecule has 0 saturated carbocycles. The van der Waals surface area contributed by atoms with Crippen LogP contribution in [0.25, 0.3) is 0 Å². The fourth-order valence-electron chi connectivity index (χ4n) is 3.46. The van der Waals surface area contributed by atoms with Gasteiger partial charge in [0.2, 0.25) is 0 Å². The number of ether oxygens (including phenoxy) is 1. The molecule has 24 heavy (non-hydrogen) atoms. The summed E-state index contributed by atoms with van der Waals surface area (Å²) in [7, 11) is 2.11. The normalized spacial score (nSPS) is 21.0. The van der Waals surface area contributed by atoms with Gasteiger partial charge in [-0.25, -0.2) is 0 Å². The van der Waals surface area contributed by atoms with Crippen molar-refractivity contribution in [1.29, 1.82) is 0 Å². The van der Waals surface area contributed by atoms with E-state index in [1.807, 2.05) is 12.1 Å². The van der Waals surface area contributed by atoms with Gasteiger partial charge >= 0.3 is 5.97 Å². The molecule has 3 rings (SSSR count). The fraction of sp³-hybridized carbons (Fsp3) is 0.316. The van der Waals surface area contributed by atoms with Gasteiger partial charge in [-0.15, -0.1) is 0 Å². The average Bonchev–Trinajstić information content (AvgIpc) is 2.90. The summed E-state index contributed by atoms with van der Waals surface area (Å²) in [5.74, 6) is 0.798. The minimum atomic E-state index is -0.317. The van der Waals surface area contributed by atoms with Crippen LogP contribution in [0, 0.1) is 0 Å². The molecular formula is C19H19BrClNO2. The number of benzene rings is 2. The second kappa shape index (κ2) is 7.26. The number of carbonyl (C=O) groups is 1. The maximum absolute atomic E-state index is 11.5. The maximum Gasteiger partial charge on any atom is 0.308 e. The molecule has 126 valence electrons. The fourth-order valence-corrected chi connectivity index (χ4v) is 4.22. The van der Waals surface area contributed by atoms with E-state index in [-0.39, 0.29) is 11.9 Å². The lowest BCUT2D eigenvalue weighted by molar-refractivity contribution is -0.131. The van der Waals surface area contributed by atoms with Gasteiger partial charge in [0.25, 0.3) is 0 Å². The first-order valence-electron chi connectivity index (χ1n) is 7.86. The molecule has 1 heterocycles. The van der Waals surface area contributed by atoms with Crippen LogP contribution in [0.5, 0.6) is 5.75 Å². The maximum atomic E-state index is 11.5. The van der Waals surface area contributed by atoms with E-state index in [4.69, 9.17) is 16.3 Å². The van der Waals surface area contributed by atoms with E-state index in [2.05, 4.69) is 46.1 Å². The standard InChI is InChI=1S/C19H19BrClNO2/c1-12(23)24-19-8-7-13(21)9-15(19)17-11-22(2)10-16(17)14-5-3-4-6-18(14)20/h3-9,16-17H,10-11H2,1-2H3/t16-,17?/m0/s1. The third kappa shape index (κ3) is 3.66. The van der Waals surface area contributed by atoms with E-state index in [1.54, 1.807) is 12.1 Å². The van der Waals surface area contributed by atoms with Crippen molar-refractivity contribution >= 4 is 33.5 Å². The predicted octanol–water partition coefficient (Wildman–Crippen LogP) is 4.84. The molecule has 0 aromatic heterocycles. The largest absolute Gasteiger partial charge is 0.426 e. The Labute approximate surface area is 155 Å². The number of likely N-dealkylation sites (tertiary alicyclic amines) is 1. The Hall–Kier alpha value is -1.36. The molecule has 0 spiro atoms. The number of nitrogens with zero attached hydrogens (tertiary/aromatic N) is 1. The van der Waals surface area contributed by atoms with Gasteiger partial charge in [0.05, 0.1) is 0 Å². The topological polar surface area (TPSA) is 29.5 Å². The van der Waals surface area contributed by atoms with E-state index in [1.165, 1.54) is 12.5 Å². The van der Waals surface area contributed by atoms with Gasteiger partial charge in [0, 0.05) is 46.9 Å². The minimum Gasteiger partial charge on any atom is -0.426 e. The lowest BCUT2D eigenvalue weighted by atomic mass is 9.83. The van der Waals surface area contributed by atoms with Crippen molar-refractivity contribution in [2.24, 2.45) is 0 Å². The Morgan fingerprint density at radius 3 is 2.50 bits per heavy atom. The van der Waals surface area contributed by atoms with Gasteiger partial charge < -0.3 is 9.64 Å². The molecule has 2 aromatic carbocycles. The summed E-state index contributed by atoms with van der Waals surface area (Å²) < 4.78 is 6.54. The average molecular weight is 409 g/mol. The summed E-state index contributed by atoms with van der Waals surface area (Å²) in [5, 5.41) is 0.654. The molecule has 5 heteroatoms. The quantitative estimate of drug-likeness (QED) is 0.537. The van der Waals surface area contributed by atoms with Gasteiger partial charge in [-0.3, -0.25) is 4.79 Å². The zero-order chi connectivity index (χ0) is 17.3. The highest BCUT2D eigenvalue weighted by molar-refractivity contribution is 9.10. The van der Waals surface area contributed by atoms with Gasteiger partial charge in [0.15, 0.2) is 0 Å². The molecule has 2 aromatic rings. The molecule has 1 unspecified atom stereocenters. The summed E-state index contributed by atoms with van der Waals surface area (Å²) in [4.78, 5) is 13.8. The van der Waals surface area contributed by atoms with Crippen molar-refractivity contribution in [3.63, 3.8) is 0 Å². The van der Waals surface area contributed by atoms with Crippen LogP contribution < -0.4 is 4.74 Å². The molecule has 0 radical (unpaired) electrons. The van der Waals surface area contributed by atoms with E-state index < -0.39 is 0 Å². The van der Waals surface area contributed by atoms with Crippen LogP contribution in [-0.2, 0) is 4.79 Å². The van der Waals surface area contributed by atoms with E-state index in [9.17, 15) is 4.79 Å². The minimum absolute atomic E-state index is 0.210. The first-order valence-corrected chi connectivity index (χ1v) is 9.03. The van der Waals surface area contributed by atoms with Crippen LogP contribution in [-0.4, -0.2) is 31.0 Å². The molecular weight excluding hydrogens is 390 g/mol. The number of likely N-dealkylation sites (N-methyl/N-ethyl adjacent to an activating group) is 1. The Balaban J connectivity index is 2.05. The molecule has 0 N–H and O–H groups in total. The van der Waals surface area contributed by atoms with Gasteiger partial charge in [-0.1, -0.05) is 45.7 Å². The van der Waals surface area contributed by atoms with Crippen molar-refractivity contribution in [2.45, 2.75) is 18.8 Å². The monoisotopic (exact) mass is 407 g/mol.